The molecule has 1 aromatic carbocycles. The molecular formula is C17H25NO2S. The third-order valence-corrected chi connectivity index (χ3v) is 5.51. The highest BCUT2D eigenvalue weighted by Gasteiger charge is 2.29. The number of thioether (sulfide) groups is 1. The monoisotopic (exact) mass is 307 g/mol. The Labute approximate surface area is 131 Å². The first kappa shape index (κ1) is 15.2. The average molecular weight is 307 g/mol. The molecular weight excluding hydrogens is 282 g/mol. The van der Waals surface area contributed by atoms with Gasteiger partial charge in [0.2, 0.25) is 0 Å². The van der Waals surface area contributed by atoms with E-state index in [1.807, 2.05) is 11.8 Å². The smallest absolute Gasteiger partial charge is 0.119 e. The molecule has 4 heteroatoms. The van der Waals surface area contributed by atoms with Gasteiger partial charge < -0.3 is 14.8 Å². The van der Waals surface area contributed by atoms with Gasteiger partial charge in [0.1, 0.15) is 5.75 Å². The van der Waals surface area contributed by atoms with Crippen LogP contribution in [0.15, 0.2) is 23.1 Å². The average Bonchev–Trinajstić information content (AvgIpc) is 2.46. The van der Waals surface area contributed by atoms with E-state index in [2.05, 4.69) is 37.4 Å². The minimum atomic E-state index is 0.356. The second-order valence-corrected chi connectivity index (χ2v) is 7.32. The highest BCUT2D eigenvalue weighted by atomic mass is 32.2. The van der Waals surface area contributed by atoms with Gasteiger partial charge in [0.25, 0.3) is 0 Å². The SMILES string of the molecule is COc1ccc2c(c1)[C@@H](NC1C[C@@H](C)O[C@@H](C)C1)CCS2. The van der Waals surface area contributed by atoms with Gasteiger partial charge in [0.05, 0.1) is 19.3 Å². The molecule has 3 nitrogen and oxygen atoms in total. The molecule has 116 valence electrons. The largest absolute Gasteiger partial charge is 0.497 e. The van der Waals surface area contributed by atoms with Gasteiger partial charge in [-0.1, -0.05) is 0 Å². The predicted octanol–water partition coefficient (Wildman–Crippen LogP) is 3.78. The van der Waals surface area contributed by atoms with E-state index in [9.17, 15) is 0 Å². The second-order valence-electron chi connectivity index (χ2n) is 6.19. The van der Waals surface area contributed by atoms with Crippen LogP contribution in [0, 0.1) is 0 Å². The van der Waals surface area contributed by atoms with E-state index in [1.54, 1.807) is 7.11 Å². The maximum absolute atomic E-state index is 5.85. The number of ether oxygens (including phenoxy) is 2. The van der Waals surface area contributed by atoms with E-state index in [0.29, 0.717) is 24.3 Å². The molecule has 1 aromatic rings. The summed E-state index contributed by atoms with van der Waals surface area (Å²) >= 11 is 1.95. The molecule has 0 aliphatic carbocycles. The molecule has 21 heavy (non-hydrogen) atoms. The van der Waals surface area contributed by atoms with Crippen LogP contribution in [-0.4, -0.2) is 31.1 Å². The minimum Gasteiger partial charge on any atom is -0.497 e. The van der Waals surface area contributed by atoms with Gasteiger partial charge >= 0.3 is 0 Å². The van der Waals surface area contributed by atoms with E-state index < -0.39 is 0 Å². The highest BCUT2D eigenvalue weighted by Crippen LogP contribution is 2.39. The van der Waals surface area contributed by atoms with Crippen molar-refractivity contribution in [3.63, 3.8) is 0 Å². The maximum Gasteiger partial charge on any atom is 0.119 e. The second kappa shape index (κ2) is 6.59. The Bertz CT molecular complexity index is 484. The molecule has 1 N–H and O–H groups in total. The van der Waals surface area contributed by atoms with Crippen molar-refractivity contribution >= 4 is 11.8 Å². The van der Waals surface area contributed by atoms with Crippen molar-refractivity contribution in [2.24, 2.45) is 0 Å². The molecule has 0 bridgehead atoms. The molecule has 2 heterocycles. The molecule has 2 aliphatic rings. The van der Waals surface area contributed by atoms with Crippen molar-refractivity contribution in [2.45, 2.75) is 62.3 Å². The fourth-order valence-electron chi connectivity index (χ4n) is 3.50. The molecule has 1 saturated heterocycles. The van der Waals surface area contributed by atoms with Gasteiger partial charge in [0, 0.05) is 17.0 Å². The van der Waals surface area contributed by atoms with Crippen LogP contribution < -0.4 is 10.1 Å². The number of benzene rings is 1. The summed E-state index contributed by atoms with van der Waals surface area (Å²) in [6.07, 6.45) is 4.11. The lowest BCUT2D eigenvalue weighted by molar-refractivity contribution is -0.0437. The predicted molar refractivity (Wildman–Crippen MR) is 87.2 cm³/mol. The zero-order chi connectivity index (χ0) is 14.8. The van der Waals surface area contributed by atoms with Crippen LogP contribution in [0.25, 0.3) is 0 Å². The summed E-state index contributed by atoms with van der Waals surface area (Å²) in [5, 5.41) is 3.88. The third-order valence-electron chi connectivity index (χ3n) is 4.39. The molecule has 3 rings (SSSR count). The first-order valence-electron chi connectivity index (χ1n) is 7.88. The van der Waals surface area contributed by atoms with Crippen molar-refractivity contribution in [1.29, 1.82) is 0 Å². The van der Waals surface area contributed by atoms with Crippen LogP contribution in [0.2, 0.25) is 0 Å². The van der Waals surface area contributed by atoms with E-state index >= 15 is 0 Å². The lowest BCUT2D eigenvalue weighted by Gasteiger charge is -2.36. The Morgan fingerprint density at radius 3 is 2.71 bits per heavy atom. The van der Waals surface area contributed by atoms with E-state index in [1.165, 1.54) is 22.6 Å². The maximum atomic E-state index is 5.85. The Balaban J connectivity index is 1.75. The fourth-order valence-corrected chi connectivity index (χ4v) is 4.60. The minimum absolute atomic E-state index is 0.356. The quantitative estimate of drug-likeness (QED) is 0.920. The number of methoxy groups -OCH3 is 1. The van der Waals surface area contributed by atoms with Gasteiger partial charge in [-0.15, -0.1) is 11.8 Å². The summed E-state index contributed by atoms with van der Waals surface area (Å²) in [6, 6.07) is 7.45. The highest BCUT2D eigenvalue weighted by molar-refractivity contribution is 7.99. The molecule has 2 aliphatic heterocycles. The summed E-state index contributed by atoms with van der Waals surface area (Å²) in [5.41, 5.74) is 1.40. The summed E-state index contributed by atoms with van der Waals surface area (Å²) < 4.78 is 11.2. The van der Waals surface area contributed by atoms with E-state index in [-0.39, 0.29) is 0 Å². The zero-order valence-corrected chi connectivity index (χ0v) is 13.9. The number of nitrogens with one attached hydrogen (secondary N) is 1. The molecule has 0 saturated carbocycles. The summed E-state index contributed by atoms with van der Waals surface area (Å²) in [5.74, 6) is 2.14. The van der Waals surface area contributed by atoms with E-state index in [0.717, 1.165) is 18.6 Å². The van der Waals surface area contributed by atoms with Gasteiger partial charge in [-0.2, -0.15) is 0 Å². The number of rotatable bonds is 3. The van der Waals surface area contributed by atoms with Gasteiger partial charge in [-0.25, -0.2) is 0 Å². The van der Waals surface area contributed by atoms with Crippen LogP contribution in [0.5, 0.6) is 5.75 Å². The van der Waals surface area contributed by atoms with Gasteiger partial charge in [-0.3, -0.25) is 0 Å². The Morgan fingerprint density at radius 2 is 2.00 bits per heavy atom. The van der Waals surface area contributed by atoms with Crippen molar-refractivity contribution in [3.05, 3.63) is 23.8 Å². The van der Waals surface area contributed by atoms with Crippen LogP contribution >= 0.6 is 11.8 Å². The van der Waals surface area contributed by atoms with Crippen molar-refractivity contribution in [3.8, 4) is 5.75 Å². The van der Waals surface area contributed by atoms with Crippen LogP contribution in [0.3, 0.4) is 0 Å². The first-order chi connectivity index (χ1) is 10.2. The normalized spacial score (nSPS) is 32.5. The van der Waals surface area contributed by atoms with E-state index in [4.69, 9.17) is 9.47 Å². The summed E-state index contributed by atoms with van der Waals surface area (Å²) in [4.78, 5) is 1.40. The van der Waals surface area contributed by atoms with Gasteiger partial charge in [-0.05, 0) is 62.6 Å². The molecule has 0 aromatic heterocycles. The standard InChI is InChI=1S/C17H25NO2S/c1-11-8-13(9-12(2)20-11)18-16-6-7-21-17-5-4-14(19-3)10-15(16)17/h4-5,10-13,16,18H,6-9H2,1-3H3/t11-,12+,13?,16-/m0/s1. The van der Waals surface area contributed by atoms with Gasteiger partial charge in [0.15, 0.2) is 0 Å². The molecule has 0 spiro atoms. The first-order valence-corrected chi connectivity index (χ1v) is 8.86. The molecule has 1 fully saturated rings. The van der Waals surface area contributed by atoms with Crippen LogP contribution in [-0.2, 0) is 4.74 Å². The lowest BCUT2D eigenvalue weighted by Crippen LogP contribution is -2.43. The summed E-state index contributed by atoms with van der Waals surface area (Å²) in [7, 11) is 1.74. The number of hydrogen-bond donors (Lipinski definition) is 1. The Hall–Kier alpha value is -0.710. The van der Waals surface area contributed by atoms with Crippen molar-refractivity contribution in [2.75, 3.05) is 12.9 Å². The lowest BCUT2D eigenvalue weighted by atomic mass is 9.96. The Morgan fingerprint density at radius 1 is 1.24 bits per heavy atom. The number of fused-ring (bicyclic) bond motifs is 1. The zero-order valence-electron chi connectivity index (χ0n) is 13.1. The molecule has 4 atom stereocenters. The molecule has 0 radical (unpaired) electrons. The number of hydrogen-bond acceptors (Lipinski definition) is 4. The molecule has 1 unspecified atom stereocenters. The topological polar surface area (TPSA) is 30.5 Å². The summed E-state index contributed by atoms with van der Waals surface area (Å²) in [6.45, 7) is 4.36. The van der Waals surface area contributed by atoms with Crippen molar-refractivity contribution in [1.82, 2.24) is 5.32 Å². The third kappa shape index (κ3) is 3.55. The van der Waals surface area contributed by atoms with Crippen molar-refractivity contribution < 1.29 is 9.47 Å². The Kier molecular flexibility index (Phi) is 4.77. The van der Waals surface area contributed by atoms with Crippen LogP contribution in [0.1, 0.15) is 44.7 Å². The van der Waals surface area contributed by atoms with Crippen LogP contribution in [0.4, 0.5) is 0 Å². The fraction of sp³-hybridized carbons (Fsp3) is 0.647. The molecule has 0 amide bonds.